The van der Waals surface area contributed by atoms with Gasteiger partial charge in [-0.05, 0) is 13.8 Å². The zero-order valence-corrected chi connectivity index (χ0v) is 12.0. The minimum Gasteiger partial charge on any atom is -0.338 e. The molecule has 0 N–H and O–H groups in total. The number of hydrogen-bond acceptors (Lipinski definition) is 1. The van der Waals surface area contributed by atoms with Crippen molar-refractivity contribution in [2.24, 2.45) is 0 Å². The number of rotatable bonds is 6. The van der Waals surface area contributed by atoms with Crippen molar-refractivity contribution in [3.05, 3.63) is 35.9 Å². The Balaban J connectivity index is 2.62. The van der Waals surface area contributed by atoms with E-state index in [4.69, 9.17) is 0 Å². The lowest BCUT2D eigenvalue weighted by Gasteiger charge is -2.31. The molecule has 0 saturated carbocycles. The summed E-state index contributed by atoms with van der Waals surface area (Å²) < 4.78 is 0.694. The largest absolute Gasteiger partial charge is 0.338 e. The normalized spacial score (nSPS) is 11.3. The first-order valence-corrected chi connectivity index (χ1v) is 6.62. The number of carbonyl (C=O) groups is 1. The lowest BCUT2D eigenvalue weighted by atomic mass is 10.2. The highest BCUT2D eigenvalue weighted by Crippen LogP contribution is 2.09. The van der Waals surface area contributed by atoms with Gasteiger partial charge >= 0.3 is 0 Å². The van der Waals surface area contributed by atoms with Crippen molar-refractivity contribution >= 4 is 5.91 Å². The average Bonchev–Trinajstić information content (AvgIpc) is 2.30. The van der Waals surface area contributed by atoms with Crippen molar-refractivity contribution in [2.75, 3.05) is 33.7 Å². The molecule has 1 aromatic rings. The summed E-state index contributed by atoms with van der Waals surface area (Å²) in [7, 11) is 4.21. The SMILES string of the molecule is CCN(CC)C(=O)C[N+](C)(C)Cc1ccccc1. The van der Waals surface area contributed by atoms with Crippen LogP contribution in [0.25, 0.3) is 0 Å². The fourth-order valence-corrected chi connectivity index (χ4v) is 2.18. The van der Waals surface area contributed by atoms with Gasteiger partial charge in [-0.2, -0.15) is 0 Å². The van der Waals surface area contributed by atoms with Crippen LogP contribution in [0.1, 0.15) is 19.4 Å². The van der Waals surface area contributed by atoms with Crippen molar-refractivity contribution in [2.45, 2.75) is 20.4 Å². The van der Waals surface area contributed by atoms with Gasteiger partial charge in [-0.1, -0.05) is 30.3 Å². The highest BCUT2D eigenvalue weighted by molar-refractivity contribution is 5.77. The first-order valence-electron chi connectivity index (χ1n) is 6.62. The van der Waals surface area contributed by atoms with Gasteiger partial charge in [0.25, 0.3) is 5.91 Å². The molecule has 0 radical (unpaired) electrons. The quantitative estimate of drug-likeness (QED) is 0.707. The van der Waals surface area contributed by atoms with Gasteiger partial charge in [-0.15, -0.1) is 0 Å². The van der Waals surface area contributed by atoms with Gasteiger partial charge in [0.1, 0.15) is 6.54 Å². The van der Waals surface area contributed by atoms with E-state index in [0.29, 0.717) is 11.0 Å². The summed E-state index contributed by atoms with van der Waals surface area (Å²) in [6.45, 7) is 7.07. The van der Waals surface area contributed by atoms with Crippen molar-refractivity contribution in [3.8, 4) is 0 Å². The van der Waals surface area contributed by atoms with Gasteiger partial charge in [-0.3, -0.25) is 4.79 Å². The monoisotopic (exact) mass is 249 g/mol. The van der Waals surface area contributed by atoms with E-state index in [0.717, 1.165) is 19.6 Å². The van der Waals surface area contributed by atoms with Gasteiger partial charge in [0.2, 0.25) is 0 Å². The summed E-state index contributed by atoms with van der Waals surface area (Å²) in [5.74, 6) is 0.237. The molecule has 3 nitrogen and oxygen atoms in total. The van der Waals surface area contributed by atoms with E-state index >= 15 is 0 Å². The van der Waals surface area contributed by atoms with Crippen LogP contribution in [-0.2, 0) is 11.3 Å². The minimum atomic E-state index is 0.237. The lowest BCUT2D eigenvalue weighted by molar-refractivity contribution is -0.896. The van der Waals surface area contributed by atoms with Crippen molar-refractivity contribution < 1.29 is 9.28 Å². The predicted molar refractivity (Wildman–Crippen MR) is 75.0 cm³/mol. The van der Waals surface area contributed by atoms with E-state index in [-0.39, 0.29) is 5.91 Å². The Bertz CT molecular complexity index is 369. The molecule has 0 saturated heterocycles. The first kappa shape index (κ1) is 14.7. The molecule has 0 atom stereocenters. The molecule has 18 heavy (non-hydrogen) atoms. The van der Waals surface area contributed by atoms with Crippen LogP contribution in [0.15, 0.2) is 30.3 Å². The van der Waals surface area contributed by atoms with Crippen LogP contribution in [-0.4, -0.2) is 49.0 Å². The second-order valence-corrected chi connectivity index (χ2v) is 5.30. The third-order valence-electron chi connectivity index (χ3n) is 3.13. The maximum atomic E-state index is 12.1. The molecule has 0 aromatic heterocycles. The van der Waals surface area contributed by atoms with Crippen molar-refractivity contribution in [1.82, 2.24) is 4.90 Å². The Morgan fingerprint density at radius 1 is 1.11 bits per heavy atom. The average molecular weight is 249 g/mol. The zero-order chi connectivity index (χ0) is 13.6. The molecular weight excluding hydrogens is 224 g/mol. The first-order chi connectivity index (χ1) is 8.48. The third-order valence-corrected chi connectivity index (χ3v) is 3.13. The highest BCUT2D eigenvalue weighted by atomic mass is 16.2. The second-order valence-electron chi connectivity index (χ2n) is 5.30. The van der Waals surface area contributed by atoms with E-state index in [1.54, 1.807) is 0 Å². The molecule has 0 aliphatic carbocycles. The van der Waals surface area contributed by atoms with Crippen LogP contribution >= 0.6 is 0 Å². The number of nitrogens with zero attached hydrogens (tertiary/aromatic N) is 2. The van der Waals surface area contributed by atoms with Crippen LogP contribution in [0.2, 0.25) is 0 Å². The summed E-state index contributed by atoms with van der Waals surface area (Å²) in [6, 6.07) is 10.3. The molecule has 0 bridgehead atoms. The van der Waals surface area contributed by atoms with E-state index < -0.39 is 0 Å². The molecule has 1 aromatic carbocycles. The molecule has 0 aliphatic rings. The van der Waals surface area contributed by atoms with Gasteiger partial charge in [0.15, 0.2) is 6.54 Å². The van der Waals surface area contributed by atoms with Crippen LogP contribution < -0.4 is 0 Å². The minimum absolute atomic E-state index is 0.237. The summed E-state index contributed by atoms with van der Waals surface area (Å²) >= 11 is 0. The van der Waals surface area contributed by atoms with Gasteiger partial charge in [0.05, 0.1) is 14.1 Å². The highest BCUT2D eigenvalue weighted by Gasteiger charge is 2.23. The Morgan fingerprint density at radius 3 is 2.17 bits per heavy atom. The van der Waals surface area contributed by atoms with Gasteiger partial charge < -0.3 is 9.38 Å². The number of quaternary nitrogens is 1. The maximum absolute atomic E-state index is 12.1. The number of amides is 1. The van der Waals surface area contributed by atoms with Crippen LogP contribution in [0.3, 0.4) is 0 Å². The predicted octanol–water partition coefficient (Wildman–Crippen LogP) is 2.13. The molecule has 0 heterocycles. The Kier molecular flexibility index (Phi) is 5.35. The summed E-state index contributed by atoms with van der Waals surface area (Å²) in [4.78, 5) is 14.0. The molecular formula is C15H25N2O+. The summed E-state index contributed by atoms with van der Waals surface area (Å²) in [5.41, 5.74) is 1.27. The summed E-state index contributed by atoms with van der Waals surface area (Å²) in [6.07, 6.45) is 0. The second kappa shape index (κ2) is 6.55. The molecule has 0 aliphatic heterocycles. The Hall–Kier alpha value is -1.35. The molecule has 0 unspecified atom stereocenters. The van der Waals surface area contributed by atoms with E-state index in [1.807, 2.05) is 36.9 Å². The molecule has 0 spiro atoms. The Morgan fingerprint density at radius 2 is 1.67 bits per heavy atom. The molecule has 0 fully saturated rings. The standard InChI is InChI=1S/C15H25N2O/c1-5-16(6-2)15(18)13-17(3,4)12-14-10-8-7-9-11-14/h7-11H,5-6,12-13H2,1-4H3/q+1. The number of carbonyl (C=O) groups excluding carboxylic acids is 1. The number of hydrogen-bond donors (Lipinski definition) is 0. The van der Waals surface area contributed by atoms with Crippen LogP contribution in [0.5, 0.6) is 0 Å². The lowest BCUT2D eigenvalue weighted by Crippen LogP contribution is -2.48. The molecule has 1 rings (SSSR count). The van der Waals surface area contributed by atoms with Crippen LogP contribution in [0, 0.1) is 0 Å². The number of benzene rings is 1. The third kappa shape index (κ3) is 4.49. The fourth-order valence-electron chi connectivity index (χ4n) is 2.18. The van der Waals surface area contributed by atoms with Crippen molar-refractivity contribution in [3.63, 3.8) is 0 Å². The smallest absolute Gasteiger partial charge is 0.277 e. The van der Waals surface area contributed by atoms with Gasteiger partial charge in [0, 0.05) is 18.7 Å². The van der Waals surface area contributed by atoms with Gasteiger partial charge in [-0.25, -0.2) is 0 Å². The van der Waals surface area contributed by atoms with E-state index in [2.05, 4.69) is 26.2 Å². The zero-order valence-electron chi connectivity index (χ0n) is 12.0. The topological polar surface area (TPSA) is 20.3 Å². The molecule has 100 valence electrons. The molecule has 3 heteroatoms. The maximum Gasteiger partial charge on any atom is 0.277 e. The summed E-state index contributed by atoms with van der Waals surface area (Å²) in [5, 5.41) is 0. The van der Waals surface area contributed by atoms with Crippen molar-refractivity contribution in [1.29, 1.82) is 0 Å². The molecule has 1 amide bonds. The number of likely N-dealkylation sites (N-methyl/N-ethyl adjacent to an activating group) is 2. The fraction of sp³-hybridized carbons (Fsp3) is 0.533. The van der Waals surface area contributed by atoms with E-state index in [1.165, 1.54) is 5.56 Å². The Labute approximate surface area is 111 Å². The van der Waals surface area contributed by atoms with E-state index in [9.17, 15) is 4.79 Å². The van der Waals surface area contributed by atoms with Crippen LogP contribution in [0.4, 0.5) is 0 Å².